The molecule has 1 aliphatic heterocycles. The Morgan fingerprint density at radius 1 is 1.29 bits per heavy atom. The summed E-state index contributed by atoms with van der Waals surface area (Å²) in [5, 5.41) is 11.6. The van der Waals surface area contributed by atoms with Crippen LogP contribution in [0.25, 0.3) is 11.4 Å². The highest BCUT2D eigenvalue weighted by Gasteiger charge is 2.30. The first-order chi connectivity index (χ1) is 13.8. The van der Waals surface area contributed by atoms with E-state index < -0.39 is 0 Å². The lowest BCUT2D eigenvalue weighted by Gasteiger charge is -2.23. The molecule has 0 aromatic carbocycles. The summed E-state index contributed by atoms with van der Waals surface area (Å²) in [7, 11) is 0. The Morgan fingerprint density at radius 3 is 2.89 bits per heavy atom. The largest absolute Gasteiger partial charge is 0.334 e. The van der Waals surface area contributed by atoms with E-state index in [1.165, 1.54) is 16.6 Å². The summed E-state index contributed by atoms with van der Waals surface area (Å²) in [4.78, 5) is 20.3. The van der Waals surface area contributed by atoms with Gasteiger partial charge >= 0.3 is 0 Å². The van der Waals surface area contributed by atoms with Gasteiger partial charge in [0.15, 0.2) is 11.0 Å². The minimum absolute atomic E-state index is 0.178. The van der Waals surface area contributed by atoms with Gasteiger partial charge in [-0.15, -0.1) is 21.5 Å². The molecule has 0 bridgehead atoms. The van der Waals surface area contributed by atoms with Gasteiger partial charge in [0, 0.05) is 35.9 Å². The van der Waals surface area contributed by atoms with Crippen molar-refractivity contribution in [3.05, 3.63) is 46.9 Å². The molecule has 4 heterocycles. The van der Waals surface area contributed by atoms with E-state index in [-0.39, 0.29) is 11.9 Å². The number of rotatable bonds is 7. The number of nitrogens with zero attached hydrogens (tertiary/aromatic N) is 5. The average molecular weight is 414 g/mol. The zero-order valence-corrected chi connectivity index (χ0v) is 17.5. The van der Waals surface area contributed by atoms with E-state index in [2.05, 4.69) is 44.2 Å². The Labute approximate surface area is 173 Å². The second-order valence-electron chi connectivity index (χ2n) is 6.74. The van der Waals surface area contributed by atoms with Crippen LogP contribution in [0.2, 0.25) is 0 Å². The van der Waals surface area contributed by atoms with Crippen LogP contribution in [0.1, 0.15) is 37.1 Å². The monoisotopic (exact) mass is 413 g/mol. The van der Waals surface area contributed by atoms with Crippen LogP contribution >= 0.6 is 23.1 Å². The van der Waals surface area contributed by atoms with Crippen LogP contribution in [0, 0.1) is 0 Å². The Bertz CT molecular complexity index is 910. The number of hydrogen-bond acceptors (Lipinski definition) is 6. The summed E-state index contributed by atoms with van der Waals surface area (Å²) in [5.74, 6) is 1.40. The SMILES string of the molecule is CCCn1c(SCC(=O)N2CCCC2c2cccs2)nnc1-c1ccncc1. The fraction of sp³-hybridized carbons (Fsp3) is 0.400. The van der Waals surface area contributed by atoms with Crippen LogP contribution in [-0.4, -0.2) is 42.9 Å². The first-order valence-corrected chi connectivity index (χ1v) is 11.4. The van der Waals surface area contributed by atoms with E-state index in [4.69, 9.17) is 0 Å². The maximum atomic E-state index is 12.9. The third-order valence-corrected chi connectivity index (χ3v) is 6.80. The first-order valence-electron chi connectivity index (χ1n) is 9.57. The van der Waals surface area contributed by atoms with Crippen molar-refractivity contribution in [2.24, 2.45) is 0 Å². The molecule has 146 valence electrons. The molecular formula is C20H23N5OS2. The number of likely N-dealkylation sites (tertiary alicyclic amines) is 1. The quantitative estimate of drug-likeness (QED) is 0.541. The Balaban J connectivity index is 1.47. The molecule has 0 N–H and O–H groups in total. The highest BCUT2D eigenvalue weighted by atomic mass is 32.2. The molecule has 1 atom stereocenters. The van der Waals surface area contributed by atoms with Crippen LogP contribution in [-0.2, 0) is 11.3 Å². The predicted octanol–water partition coefficient (Wildman–Crippen LogP) is 4.27. The molecular weight excluding hydrogens is 390 g/mol. The van der Waals surface area contributed by atoms with Crippen molar-refractivity contribution in [2.75, 3.05) is 12.3 Å². The molecule has 1 amide bonds. The molecule has 6 nitrogen and oxygen atoms in total. The number of aromatic nitrogens is 4. The van der Waals surface area contributed by atoms with E-state index in [9.17, 15) is 4.79 Å². The predicted molar refractivity (Wildman–Crippen MR) is 112 cm³/mol. The number of thioether (sulfide) groups is 1. The van der Waals surface area contributed by atoms with E-state index in [0.29, 0.717) is 5.75 Å². The van der Waals surface area contributed by atoms with Gasteiger partial charge in [0.2, 0.25) is 5.91 Å². The molecule has 1 fully saturated rings. The second kappa shape index (κ2) is 8.87. The fourth-order valence-corrected chi connectivity index (χ4v) is 5.31. The lowest BCUT2D eigenvalue weighted by Crippen LogP contribution is -2.31. The molecule has 4 rings (SSSR count). The van der Waals surface area contributed by atoms with Crippen molar-refractivity contribution < 1.29 is 4.79 Å². The molecule has 8 heteroatoms. The summed E-state index contributed by atoms with van der Waals surface area (Å²) >= 11 is 3.22. The summed E-state index contributed by atoms with van der Waals surface area (Å²) < 4.78 is 2.11. The summed E-state index contributed by atoms with van der Waals surface area (Å²) in [6.45, 7) is 3.79. The zero-order chi connectivity index (χ0) is 19.3. The van der Waals surface area contributed by atoms with Crippen LogP contribution in [0.5, 0.6) is 0 Å². The zero-order valence-electron chi connectivity index (χ0n) is 15.8. The maximum absolute atomic E-state index is 12.9. The summed E-state index contributed by atoms with van der Waals surface area (Å²) in [5.41, 5.74) is 0.992. The Morgan fingerprint density at radius 2 is 2.14 bits per heavy atom. The van der Waals surface area contributed by atoms with Crippen molar-refractivity contribution >= 4 is 29.0 Å². The minimum atomic E-state index is 0.178. The topological polar surface area (TPSA) is 63.9 Å². The summed E-state index contributed by atoms with van der Waals surface area (Å²) in [6.07, 6.45) is 6.61. The van der Waals surface area contributed by atoms with Gasteiger partial charge in [-0.25, -0.2) is 0 Å². The number of carbonyl (C=O) groups is 1. The molecule has 0 aliphatic carbocycles. The lowest BCUT2D eigenvalue weighted by molar-refractivity contribution is -0.129. The van der Waals surface area contributed by atoms with Gasteiger partial charge in [-0.3, -0.25) is 9.78 Å². The van der Waals surface area contributed by atoms with Crippen molar-refractivity contribution in [1.29, 1.82) is 0 Å². The highest BCUT2D eigenvalue weighted by Crippen LogP contribution is 2.35. The number of amides is 1. The van der Waals surface area contributed by atoms with Crippen LogP contribution in [0.15, 0.2) is 47.2 Å². The van der Waals surface area contributed by atoms with Gasteiger partial charge in [0.05, 0.1) is 11.8 Å². The number of pyridine rings is 1. The van der Waals surface area contributed by atoms with Crippen molar-refractivity contribution in [3.63, 3.8) is 0 Å². The molecule has 0 spiro atoms. The number of carbonyl (C=O) groups excluding carboxylic acids is 1. The molecule has 3 aromatic rings. The van der Waals surface area contributed by atoms with Crippen LogP contribution in [0.4, 0.5) is 0 Å². The average Bonchev–Trinajstić information content (AvgIpc) is 3.47. The van der Waals surface area contributed by atoms with Crippen molar-refractivity contribution in [1.82, 2.24) is 24.6 Å². The molecule has 1 unspecified atom stereocenters. The highest BCUT2D eigenvalue weighted by molar-refractivity contribution is 7.99. The first kappa shape index (κ1) is 19.1. The molecule has 0 saturated carbocycles. The van der Waals surface area contributed by atoms with Crippen molar-refractivity contribution in [3.8, 4) is 11.4 Å². The third kappa shape index (κ3) is 3.98. The normalized spacial score (nSPS) is 16.6. The molecule has 1 saturated heterocycles. The van der Waals surface area contributed by atoms with Gasteiger partial charge in [-0.1, -0.05) is 24.8 Å². The number of hydrogen-bond donors (Lipinski definition) is 0. The standard InChI is InChI=1S/C20H23N5OS2/c1-2-11-25-19(15-7-9-21-10-8-15)22-23-20(25)28-14-18(26)24-12-3-5-16(24)17-6-4-13-27-17/h4,6-10,13,16H,2-3,5,11-12,14H2,1H3. The smallest absolute Gasteiger partial charge is 0.233 e. The maximum Gasteiger partial charge on any atom is 0.233 e. The van der Waals surface area contributed by atoms with Gasteiger partial charge < -0.3 is 9.47 Å². The van der Waals surface area contributed by atoms with Gasteiger partial charge in [0.25, 0.3) is 0 Å². The van der Waals surface area contributed by atoms with E-state index in [0.717, 1.165) is 48.9 Å². The molecule has 28 heavy (non-hydrogen) atoms. The second-order valence-corrected chi connectivity index (χ2v) is 8.66. The molecule has 1 aliphatic rings. The summed E-state index contributed by atoms with van der Waals surface area (Å²) in [6, 6.07) is 8.29. The van der Waals surface area contributed by atoms with E-state index >= 15 is 0 Å². The molecule has 3 aromatic heterocycles. The van der Waals surface area contributed by atoms with Gasteiger partial charge in [-0.2, -0.15) is 0 Å². The minimum Gasteiger partial charge on any atom is -0.334 e. The fourth-order valence-electron chi connectivity index (χ4n) is 3.59. The van der Waals surface area contributed by atoms with E-state index in [1.807, 2.05) is 17.0 Å². The Hall–Kier alpha value is -2.19. The van der Waals surface area contributed by atoms with Gasteiger partial charge in [0.1, 0.15) is 0 Å². The van der Waals surface area contributed by atoms with Gasteiger partial charge in [-0.05, 0) is 42.8 Å². The molecule has 0 radical (unpaired) electrons. The van der Waals surface area contributed by atoms with Crippen LogP contribution < -0.4 is 0 Å². The van der Waals surface area contributed by atoms with Crippen LogP contribution in [0.3, 0.4) is 0 Å². The Kier molecular flexibility index (Phi) is 6.07. The van der Waals surface area contributed by atoms with E-state index in [1.54, 1.807) is 23.7 Å². The number of thiophene rings is 1. The third-order valence-electron chi connectivity index (χ3n) is 4.87. The van der Waals surface area contributed by atoms with Crippen molar-refractivity contribution in [2.45, 2.75) is 43.9 Å². The lowest BCUT2D eigenvalue weighted by atomic mass is 10.2.